The van der Waals surface area contributed by atoms with Gasteiger partial charge in [0.25, 0.3) is 0 Å². The van der Waals surface area contributed by atoms with E-state index in [1.165, 1.54) is 154 Å². The van der Waals surface area contributed by atoms with E-state index in [9.17, 15) is 19.2 Å². The van der Waals surface area contributed by atoms with Crippen molar-refractivity contribution in [1.29, 1.82) is 0 Å². The van der Waals surface area contributed by atoms with E-state index in [-0.39, 0.29) is 38.2 Å². The summed E-state index contributed by atoms with van der Waals surface area (Å²) in [5.41, 5.74) is 4.97. The van der Waals surface area contributed by atoms with Crippen LogP contribution in [0.15, 0.2) is 72.8 Å². The first-order chi connectivity index (χ1) is 59.1. The van der Waals surface area contributed by atoms with Crippen LogP contribution in [0.25, 0.3) is 0 Å². The maximum atomic E-state index is 12.7. The number of carbonyl (C=O) groups excluding carboxylic acids is 4. The molecule has 20 nitrogen and oxygen atoms in total. The number of ketones is 1. The van der Waals surface area contributed by atoms with Crippen LogP contribution in [0.2, 0.25) is 143 Å². The molecule has 0 radical (unpaired) electrons. The fourth-order valence-electron chi connectivity index (χ4n) is 20.0. The summed E-state index contributed by atoms with van der Waals surface area (Å²) in [6, 6.07) is 40.6. The van der Waals surface area contributed by atoms with Crippen LogP contribution in [-0.2, 0) is 70.3 Å². The SMILES string of the molecule is CC.CC1CCC[Si](C)(CCCOC(=O)OCCOCCOC(=O)OCCC[Si]2(C)CCCC(C)O2)O1.CC1CCC[Si](C)(CCCOC(=O)c2cccc(C(=O)CCC[Si]3(C)CCCC(C)O3)c2)O1.CC1CCC[Si](C)(CCCOc2ccc(Cc3ccc(OCCC[Si]4(C)CCCC(C)O4)cc3)cc2)O1.CC1CCC[Si](C)(C[Si]2(C)CCCC(C)O2)O1. The molecule has 11 rings (SSSR count). The Balaban J connectivity index is 0.000000232. The summed E-state index contributed by atoms with van der Waals surface area (Å²) in [7, 11) is -12.5. The number of hydrogen-bond donors (Lipinski definition) is 0. The number of rotatable bonds is 38. The number of hydrogen-bond acceptors (Lipinski definition) is 20. The molecule has 124 heavy (non-hydrogen) atoms. The molecule has 0 aliphatic carbocycles. The molecule has 3 aromatic rings. The molecule has 16 unspecified atom stereocenters. The second-order valence-corrected chi connectivity index (χ2v) is 73.0. The van der Waals surface area contributed by atoms with Crippen LogP contribution in [0.5, 0.6) is 11.5 Å². The Morgan fingerprint density at radius 2 is 0.581 bits per heavy atom. The van der Waals surface area contributed by atoms with Crippen molar-refractivity contribution in [2.75, 3.05) is 59.5 Å². The average molecular weight is 1870 g/mol. The highest BCUT2D eigenvalue weighted by atomic mass is 28.4. The van der Waals surface area contributed by atoms with E-state index >= 15 is 0 Å². The molecular formula is C96H170O20Si8. The van der Waals surface area contributed by atoms with E-state index in [2.05, 4.69) is 156 Å². The summed E-state index contributed by atoms with van der Waals surface area (Å²) in [5.74, 6) is 1.66. The fraction of sp³-hybridized carbons (Fsp3) is 0.771. The molecule has 706 valence electrons. The summed E-state index contributed by atoms with van der Waals surface area (Å²) in [6.45, 7) is 43.5. The minimum Gasteiger partial charge on any atom is -0.494 e. The van der Waals surface area contributed by atoms with Crippen LogP contribution in [0, 0.1) is 0 Å². The fourth-order valence-corrected chi connectivity index (χ4v) is 53.3. The Morgan fingerprint density at radius 3 is 0.895 bits per heavy atom. The van der Waals surface area contributed by atoms with Gasteiger partial charge in [-0.05, 0) is 342 Å². The number of ether oxygens (including phenoxy) is 8. The van der Waals surface area contributed by atoms with Crippen molar-refractivity contribution < 1.29 is 92.5 Å². The molecule has 0 spiro atoms. The molecule has 0 amide bonds. The number of esters is 1. The number of Topliss-reactive ketones (excluding diaryl/α,β-unsaturated/α-hetero) is 1. The lowest BCUT2D eigenvalue weighted by atomic mass is 10.0. The maximum Gasteiger partial charge on any atom is 0.508 e. The molecule has 8 fully saturated rings. The minimum atomic E-state index is -1.67. The Morgan fingerprint density at radius 1 is 0.315 bits per heavy atom. The van der Waals surface area contributed by atoms with Crippen molar-refractivity contribution in [2.24, 2.45) is 0 Å². The van der Waals surface area contributed by atoms with Crippen LogP contribution in [0.1, 0.15) is 249 Å². The molecule has 8 aliphatic heterocycles. The van der Waals surface area contributed by atoms with Gasteiger partial charge in [-0.1, -0.05) is 102 Å². The van der Waals surface area contributed by atoms with Crippen molar-refractivity contribution in [3.05, 3.63) is 95.1 Å². The van der Waals surface area contributed by atoms with E-state index < -0.39 is 78.8 Å². The highest BCUT2D eigenvalue weighted by Crippen LogP contribution is 2.40. The first-order valence-electron chi connectivity index (χ1n) is 48.9. The van der Waals surface area contributed by atoms with Crippen molar-refractivity contribution in [1.82, 2.24) is 0 Å². The van der Waals surface area contributed by atoms with Crippen molar-refractivity contribution in [3.8, 4) is 11.5 Å². The van der Waals surface area contributed by atoms with E-state index in [1.807, 2.05) is 13.8 Å². The van der Waals surface area contributed by atoms with Crippen LogP contribution < -0.4 is 9.47 Å². The predicted molar refractivity (Wildman–Crippen MR) is 520 cm³/mol. The third-order valence-corrected chi connectivity index (χ3v) is 59.8. The zero-order valence-corrected chi connectivity index (χ0v) is 88.7. The maximum absolute atomic E-state index is 12.7. The topological polar surface area (TPSA) is 216 Å². The lowest BCUT2D eigenvalue weighted by Crippen LogP contribution is -2.52. The summed E-state index contributed by atoms with van der Waals surface area (Å²) in [6.07, 6.45) is 28.7. The molecule has 8 heterocycles. The quantitative estimate of drug-likeness (QED) is 0.0171. The predicted octanol–water partition coefficient (Wildman–Crippen LogP) is 25.8. The Bertz CT molecular complexity index is 3390. The molecule has 8 saturated heterocycles. The van der Waals surface area contributed by atoms with Crippen LogP contribution in [0.4, 0.5) is 9.59 Å². The van der Waals surface area contributed by atoms with Gasteiger partial charge in [0.05, 0.1) is 51.8 Å². The smallest absolute Gasteiger partial charge is 0.494 e. The molecule has 28 heteroatoms. The van der Waals surface area contributed by atoms with Gasteiger partial charge in [-0.2, -0.15) is 0 Å². The number of carbonyl (C=O) groups is 4. The molecule has 3 aromatic carbocycles. The molecule has 0 bridgehead atoms. The van der Waals surface area contributed by atoms with Crippen LogP contribution in [0.3, 0.4) is 0 Å². The zero-order valence-electron chi connectivity index (χ0n) is 80.7. The van der Waals surface area contributed by atoms with Gasteiger partial charge in [0, 0.05) is 60.8 Å². The normalized spacial score (nSPS) is 31.1. The van der Waals surface area contributed by atoms with Crippen molar-refractivity contribution in [3.63, 3.8) is 0 Å². The lowest BCUT2D eigenvalue weighted by Gasteiger charge is -2.43. The third-order valence-electron chi connectivity index (χ3n) is 26.3. The highest BCUT2D eigenvalue weighted by Gasteiger charge is 2.46. The monoisotopic (exact) mass is 1870 g/mol. The summed E-state index contributed by atoms with van der Waals surface area (Å²) in [4.78, 5) is 48.6. The second kappa shape index (κ2) is 55.0. The zero-order chi connectivity index (χ0) is 90.1. The number of benzene rings is 3. The van der Waals surface area contributed by atoms with Gasteiger partial charge in [-0.25, -0.2) is 14.4 Å². The van der Waals surface area contributed by atoms with Gasteiger partial charge >= 0.3 is 18.3 Å². The van der Waals surface area contributed by atoms with E-state index in [1.54, 1.807) is 24.3 Å². The standard InChI is InChI=1S/C31H48O4Si2.C26H42O5Si2.C24H46O9Si2.C13H28O2Si2.C2H6/c1-26-9-5-21-36(3,34-26)23-7-19-32-30-15-11-28(12-16-30)25-29-13-17-31(18-14-29)33-20-8-24-37(4)22-6-10-27(2)35-37;1-21-10-6-16-32(3,30-21)18-8-14-25(27)23-12-5-13-24(20-23)26(28)29-15-9-19-33(4)17-7-11-22(2)31-33;1-21-9-5-17-34(3,32-21)19-7-11-28-23(25)30-15-13-27-14-16-31-24(26)29-12-8-20-35(4)18-6-10-22(2)33-35;1-12-7-5-9-16(3,14-12)11-17(4)10-6-8-13(2)15-17;1-2/h11-18,26-27H,5-10,19-25H2,1-4H3;5,12-13,20-22H,6-11,14-19H2,1-4H3;21-22H,5-20H2,1-4H3;12-13H,5-11H2,1-4H3;1-2H3. The third kappa shape index (κ3) is 41.8. The molecule has 0 saturated carbocycles. The minimum absolute atomic E-state index is 0.0831. The lowest BCUT2D eigenvalue weighted by molar-refractivity contribution is 0.00601. The summed E-state index contributed by atoms with van der Waals surface area (Å²) < 4.78 is 93.4. The van der Waals surface area contributed by atoms with Gasteiger partial charge in [-0.15, -0.1) is 0 Å². The Hall–Kier alpha value is -3.68. The van der Waals surface area contributed by atoms with Gasteiger partial charge in [0.2, 0.25) is 0 Å². The van der Waals surface area contributed by atoms with Crippen molar-refractivity contribution >= 4 is 90.6 Å². The van der Waals surface area contributed by atoms with E-state index in [0.717, 1.165) is 120 Å². The molecule has 0 N–H and O–H groups in total. The van der Waals surface area contributed by atoms with Crippen LogP contribution >= 0.6 is 0 Å². The highest BCUT2D eigenvalue weighted by molar-refractivity contribution is 6.91. The van der Waals surface area contributed by atoms with E-state index in [4.69, 9.17) is 73.3 Å². The first-order valence-corrected chi connectivity index (χ1v) is 71.5. The Kier molecular flexibility index (Phi) is 47.6. The Labute approximate surface area is 758 Å². The van der Waals surface area contributed by atoms with E-state index in [0.29, 0.717) is 86.2 Å². The molecule has 8 aliphatic rings. The molecule has 16 atom stereocenters. The largest absolute Gasteiger partial charge is 0.508 e. The van der Waals surface area contributed by atoms with Crippen molar-refractivity contribution in [2.45, 2.75) is 415 Å². The molecule has 0 aromatic heterocycles. The second-order valence-electron chi connectivity index (χ2n) is 39.5. The van der Waals surface area contributed by atoms with Gasteiger partial charge in [0.1, 0.15) is 24.7 Å². The molecular weight excluding hydrogens is 1700 g/mol. The summed E-state index contributed by atoms with van der Waals surface area (Å²) >= 11 is 0. The van der Waals surface area contributed by atoms with Gasteiger partial charge in [-0.3, -0.25) is 4.79 Å². The average Bonchev–Trinajstić information content (AvgIpc) is 0.799. The van der Waals surface area contributed by atoms with Crippen LogP contribution in [-0.4, -0.2) is 199 Å². The summed E-state index contributed by atoms with van der Waals surface area (Å²) in [5, 5.41) is 0. The first kappa shape index (κ1) is 107. The van der Waals surface area contributed by atoms with Gasteiger partial charge < -0.3 is 73.3 Å². The van der Waals surface area contributed by atoms with Gasteiger partial charge in [0.15, 0.2) is 72.3 Å².